The molecule has 0 saturated heterocycles. The molecule has 0 fully saturated rings. The van der Waals surface area contributed by atoms with Gasteiger partial charge in [0, 0.05) is 0 Å². The van der Waals surface area contributed by atoms with Gasteiger partial charge < -0.3 is 13.9 Å². The van der Waals surface area contributed by atoms with E-state index in [2.05, 4.69) is 14.8 Å². The summed E-state index contributed by atoms with van der Waals surface area (Å²) in [5.41, 5.74) is 0.193. The Morgan fingerprint density at radius 1 is 1.30 bits per heavy atom. The molecule has 0 aliphatic rings. The third-order valence-electron chi connectivity index (χ3n) is 2.68. The lowest BCUT2D eigenvalue weighted by Crippen LogP contribution is -2.07. The molecule has 0 saturated carbocycles. The van der Waals surface area contributed by atoms with Crippen LogP contribution < -0.4 is 4.74 Å². The van der Waals surface area contributed by atoms with Crippen molar-refractivity contribution in [1.29, 1.82) is 0 Å². The number of hydrogen-bond acceptors (Lipinski definition) is 6. The van der Waals surface area contributed by atoms with Crippen LogP contribution in [0.25, 0.3) is 5.84 Å². The van der Waals surface area contributed by atoms with E-state index in [4.69, 9.17) is 9.15 Å². The van der Waals surface area contributed by atoms with Gasteiger partial charge in [0.25, 0.3) is 0 Å². The van der Waals surface area contributed by atoms with Crippen molar-refractivity contribution in [3.8, 4) is 11.8 Å². The van der Waals surface area contributed by atoms with E-state index in [-0.39, 0.29) is 17.5 Å². The Morgan fingerprint density at radius 3 is 2.75 bits per heavy atom. The molecule has 0 unspecified atom stereocenters. The van der Waals surface area contributed by atoms with Crippen molar-refractivity contribution < 1.29 is 18.7 Å². The summed E-state index contributed by atoms with van der Waals surface area (Å²) >= 11 is 0. The molecular formula is C13H11N3O4. The van der Waals surface area contributed by atoms with Crippen molar-refractivity contribution in [3.05, 3.63) is 41.8 Å². The minimum Gasteiger partial charge on any atom is -0.464 e. The molecule has 20 heavy (non-hydrogen) atoms. The Morgan fingerprint density at radius 2 is 2.05 bits per heavy atom. The monoisotopic (exact) mass is 273 g/mol. The molecule has 0 amide bonds. The summed E-state index contributed by atoms with van der Waals surface area (Å²) in [6.45, 7) is 1.64. The lowest BCUT2D eigenvalue weighted by Gasteiger charge is -1.99. The number of aromatic nitrogens is 3. The number of aryl methyl sites for hydroxylation is 1. The Bertz CT molecular complexity index is 761. The highest BCUT2D eigenvalue weighted by Crippen LogP contribution is 2.21. The number of rotatable bonds is 3. The highest BCUT2D eigenvalue weighted by molar-refractivity contribution is 5.89. The minimum absolute atomic E-state index is 0.0973. The second kappa shape index (κ2) is 4.69. The molecule has 1 aromatic carbocycles. The highest BCUT2D eigenvalue weighted by atomic mass is 16.5. The number of hydrogen-bond donors (Lipinski definition) is 0. The predicted molar refractivity (Wildman–Crippen MR) is 67.8 cm³/mol. The maximum absolute atomic E-state index is 11.7. The van der Waals surface area contributed by atoms with Gasteiger partial charge >= 0.3 is 17.8 Å². The van der Waals surface area contributed by atoms with E-state index in [1.54, 1.807) is 19.1 Å². The number of carbonyl (C=O) groups is 1. The number of nitrogens with zero attached hydrogens (tertiary/aromatic N) is 3. The maximum atomic E-state index is 11.7. The first kappa shape index (κ1) is 12.2. The first-order valence-electron chi connectivity index (χ1n) is 5.86. The zero-order valence-corrected chi connectivity index (χ0v) is 10.9. The average Bonchev–Trinajstić information content (AvgIpc) is 2.95. The van der Waals surface area contributed by atoms with Crippen LogP contribution in [0.1, 0.15) is 16.2 Å². The molecule has 2 aromatic heterocycles. The number of ether oxygens (including phenoxy) is 2. The minimum atomic E-state index is -0.544. The SMILES string of the molecule is COC(=O)c1c(C)oc2nc(Oc3ccccc3)nn12. The van der Waals surface area contributed by atoms with Gasteiger partial charge in [0.15, 0.2) is 5.69 Å². The molecular weight excluding hydrogens is 262 g/mol. The summed E-state index contributed by atoms with van der Waals surface area (Å²) in [6, 6.07) is 9.18. The number of esters is 1. The Labute approximate surface area is 113 Å². The zero-order chi connectivity index (χ0) is 14.1. The van der Waals surface area contributed by atoms with E-state index in [1.807, 2.05) is 18.2 Å². The first-order chi connectivity index (χ1) is 9.69. The van der Waals surface area contributed by atoms with Crippen LogP contribution in [-0.4, -0.2) is 27.7 Å². The van der Waals surface area contributed by atoms with Crippen LogP contribution in [0.3, 0.4) is 0 Å². The van der Waals surface area contributed by atoms with Crippen LogP contribution in [0.5, 0.6) is 11.8 Å². The quantitative estimate of drug-likeness (QED) is 0.681. The van der Waals surface area contributed by atoms with Gasteiger partial charge in [0.1, 0.15) is 11.5 Å². The van der Waals surface area contributed by atoms with Crippen LogP contribution in [0.2, 0.25) is 0 Å². The fourth-order valence-corrected chi connectivity index (χ4v) is 1.79. The largest absolute Gasteiger partial charge is 0.464 e. The maximum Gasteiger partial charge on any atom is 0.360 e. The van der Waals surface area contributed by atoms with Crippen LogP contribution in [-0.2, 0) is 4.74 Å². The smallest absolute Gasteiger partial charge is 0.360 e. The van der Waals surface area contributed by atoms with Gasteiger partial charge in [-0.3, -0.25) is 0 Å². The van der Waals surface area contributed by atoms with Crippen molar-refractivity contribution in [2.24, 2.45) is 0 Å². The van der Waals surface area contributed by atoms with Crippen molar-refractivity contribution in [3.63, 3.8) is 0 Å². The first-order valence-corrected chi connectivity index (χ1v) is 5.86. The molecule has 0 radical (unpaired) electrons. The van der Waals surface area contributed by atoms with Crippen LogP contribution in [0.15, 0.2) is 34.7 Å². The van der Waals surface area contributed by atoms with E-state index >= 15 is 0 Å². The topological polar surface area (TPSA) is 78.9 Å². The van der Waals surface area contributed by atoms with E-state index in [9.17, 15) is 4.79 Å². The Kier molecular flexibility index (Phi) is 2.86. The molecule has 3 rings (SSSR count). The van der Waals surface area contributed by atoms with Crippen molar-refractivity contribution in [1.82, 2.24) is 14.6 Å². The normalized spacial score (nSPS) is 10.7. The molecule has 2 heterocycles. The fourth-order valence-electron chi connectivity index (χ4n) is 1.79. The number of carbonyl (C=O) groups excluding carboxylic acids is 1. The lowest BCUT2D eigenvalue weighted by atomic mass is 10.3. The number of oxazole rings is 1. The van der Waals surface area contributed by atoms with Crippen molar-refractivity contribution >= 4 is 11.8 Å². The number of methoxy groups -OCH3 is 1. The summed E-state index contributed by atoms with van der Waals surface area (Å²) in [7, 11) is 1.29. The van der Waals surface area contributed by atoms with E-state index < -0.39 is 5.97 Å². The zero-order valence-electron chi connectivity index (χ0n) is 10.9. The molecule has 0 atom stereocenters. The highest BCUT2D eigenvalue weighted by Gasteiger charge is 2.22. The average molecular weight is 273 g/mol. The second-order valence-electron chi connectivity index (χ2n) is 4.00. The van der Waals surface area contributed by atoms with Gasteiger partial charge in [-0.1, -0.05) is 18.2 Å². The molecule has 0 aliphatic heterocycles. The van der Waals surface area contributed by atoms with Crippen LogP contribution in [0, 0.1) is 6.92 Å². The standard InChI is InChI=1S/C13H11N3O4/c1-8-10(11(17)18-2)16-13(19-8)14-12(15-16)20-9-6-4-3-5-7-9/h3-7H,1-2H3. The van der Waals surface area contributed by atoms with E-state index in [0.717, 1.165) is 0 Å². The van der Waals surface area contributed by atoms with Gasteiger partial charge in [0.05, 0.1) is 7.11 Å². The fraction of sp³-hybridized carbons (Fsp3) is 0.154. The molecule has 7 heteroatoms. The number of para-hydroxylation sites is 1. The van der Waals surface area contributed by atoms with Gasteiger partial charge in [0.2, 0.25) is 0 Å². The number of fused-ring (bicyclic) bond motifs is 1. The summed E-state index contributed by atoms with van der Waals surface area (Å²) in [5, 5.41) is 4.09. The van der Waals surface area contributed by atoms with Gasteiger partial charge in [-0.25, -0.2) is 4.79 Å². The summed E-state index contributed by atoms with van der Waals surface area (Å²) in [6.07, 6.45) is 0. The molecule has 3 aromatic rings. The molecule has 0 bridgehead atoms. The van der Waals surface area contributed by atoms with Crippen LogP contribution >= 0.6 is 0 Å². The van der Waals surface area contributed by atoms with Crippen LogP contribution in [0.4, 0.5) is 0 Å². The van der Waals surface area contributed by atoms with Crippen molar-refractivity contribution in [2.45, 2.75) is 6.92 Å². The third kappa shape index (κ3) is 1.99. The lowest BCUT2D eigenvalue weighted by molar-refractivity contribution is 0.0589. The van der Waals surface area contributed by atoms with Gasteiger partial charge in [-0.2, -0.15) is 4.52 Å². The molecule has 102 valence electrons. The molecule has 0 aliphatic carbocycles. The van der Waals surface area contributed by atoms with E-state index in [1.165, 1.54) is 11.6 Å². The predicted octanol–water partition coefficient (Wildman–Crippen LogP) is 2.21. The second-order valence-corrected chi connectivity index (χ2v) is 4.00. The van der Waals surface area contributed by atoms with Crippen molar-refractivity contribution in [2.75, 3.05) is 7.11 Å². The molecule has 0 N–H and O–H groups in total. The number of benzene rings is 1. The summed E-state index contributed by atoms with van der Waals surface area (Å²) in [5.74, 6) is 0.612. The summed E-state index contributed by atoms with van der Waals surface area (Å²) < 4.78 is 16.8. The molecule has 0 spiro atoms. The Balaban J connectivity index is 1.99. The summed E-state index contributed by atoms with van der Waals surface area (Å²) in [4.78, 5) is 15.7. The van der Waals surface area contributed by atoms with E-state index in [0.29, 0.717) is 11.5 Å². The molecule has 7 nitrogen and oxygen atoms in total. The third-order valence-corrected chi connectivity index (χ3v) is 2.68. The Hall–Kier alpha value is -2.83. The van der Waals surface area contributed by atoms with Gasteiger partial charge in [-0.05, 0) is 19.1 Å². The van der Waals surface area contributed by atoms with Gasteiger partial charge in [-0.15, -0.1) is 10.1 Å².